The smallest absolute Gasteiger partial charge is 0.302 e. The monoisotopic (exact) mass is 463 g/mol. The van der Waals surface area contributed by atoms with E-state index in [1.165, 1.54) is 6.92 Å². The molecular formula is C25H37NO7. The lowest BCUT2D eigenvalue weighted by Crippen LogP contribution is -2.65. The van der Waals surface area contributed by atoms with Gasteiger partial charge in [0, 0.05) is 30.8 Å². The van der Waals surface area contributed by atoms with Crippen LogP contribution in [0, 0.1) is 0 Å². The molecule has 0 N–H and O–H groups in total. The molecule has 0 aromatic heterocycles. The van der Waals surface area contributed by atoms with Crippen molar-refractivity contribution in [2.24, 2.45) is 0 Å². The molecule has 0 aliphatic carbocycles. The van der Waals surface area contributed by atoms with E-state index in [2.05, 4.69) is 39.7 Å². The summed E-state index contributed by atoms with van der Waals surface area (Å²) in [6.07, 6.45) is 1.13. The van der Waals surface area contributed by atoms with Gasteiger partial charge in [-0.05, 0) is 52.3 Å². The normalized spacial score (nSPS) is 28.4. The quantitative estimate of drug-likeness (QED) is 0.426. The number of epoxide rings is 1. The molecular weight excluding hydrogens is 426 g/mol. The molecule has 1 aromatic rings. The summed E-state index contributed by atoms with van der Waals surface area (Å²) < 4.78 is 28.5. The number of rotatable bonds is 8. The van der Waals surface area contributed by atoms with Gasteiger partial charge in [-0.15, -0.1) is 0 Å². The van der Waals surface area contributed by atoms with Gasteiger partial charge in [-0.25, -0.2) is 0 Å². The van der Waals surface area contributed by atoms with Crippen LogP contribution in [-0.2, 0) is 28.6 Å². The molecule has 1 aromatic carbocycles. The van der Waals surface area contributed by atoms with Crippen molar-refractivity contribution in [3.63, 3.8) is 0 Å². The Labute approximate surface area is 196 Å². The standard InChI is InChI=1S/C25H37NO7/c1-17(19-7-9-20(10-8-19)29-11-21-12-30-21)33-26-23(3,4)15-25(16-24(26,5)6)31-14-22(32-25)13-28-18(2)27/h7-10,17,21-22H,11-16H2,1-6H3. The fourth-order valence-electron chi connectivity index (χ4n) is 5.13. The molecule has 0 saturated carbocycles. The number of esters is 1. The molecule has 4 rings (SSSR count). The highest BCUT2D eigenvalue weighted by molar-refractivity contribution is 5.65. The van der Waals surface area contributed by atoms with Gasteiger partial charge in [0.05, 0.1) is 13.2 Å². The van der Waals surface area contributed by atoms with Crippen LogP contribution in [0.5, 0.6) is 5.75 Å². The third kappa shape index (κ3) is 5.87. The Morgan fingerprint density at radius 3 is 2.27 bits per heavy atom. The van der Waals surface area contributed by atoms with Crippen molar-refractivity contribution in [3.8, 4) is 5.75 Å². The van der Waals surface area contributed by atoms with Gasteiger partial charge >= 0.3 is 5.97 Å². The molecule has 3 heterocycles. The highest BCUT2D eigenvalue weighted by Crippen LogP contribution is 2.49. The molecule has 3 saturated heterocycles. The summed E-state index contributed by atoms with van der Waals surface area (Å²) in [5, 5.41) is 2.09. The molecule has 3 aliphatic heterocycles. The highest BCUT2D eigenvalue weighted by Gasteiger charge is 2.58. The predicted molar refractivity (Wildman–Crippen MR) is 121 cm³/mol. The Hall–Kier alpha value is -1.71. The molecule has 3 aliphatic rings. The Morgan fingerprint density at radius 2 is 1.70 bits per heavy atom. The minimum Gasteiger partial charge on any atom is -0.491 e. The lowest BCUT2D eigenvalue weighted by Gasteiger charge is -2.56. The van der Waals surface area contributed by atoms with E-state index in [9.17, 15) is 4.79 Å². The Morgan fingerprint density at radius 1 is 1.06 bits per heavy atom. The molecule has 1 spiro atoms. The third-order valence-corrected chi connectivity index (χ3v) is 6.34. The van der Waals surface area contributed by atoms with Crippen molar-refractivity contribution in [3.05, 3.63) is 29.8 Å². The van der Waals surface area contributed by atoms with E-state index in [1.54, 1.807) is 0 Å². The number of carbonyl (C=O) groups excluding carboxylic acids is 1. The zero-order valence-corrected chi connectivity index (χ0v) is 20.6. The largest absolute Gasteiger partial charge is 0.491 e. The number of carbonyl (C=O) groups is 1. The number of nitrogens with zero attached hydrogens (tertiary/aromatic N) is 1. The van der Waals surface area contributed by atoms with Crippen molar-refractivity contribution >= 4 is 5.97 Å². The zero-order valence-electron chi connectivity index (χ0n) is 20.6. The molecule has 3 unspecified atom stereocenters. The van der Waals surface area contributed by atoms with Gasteiger partial charge in [-0.2, -0.15) is 5.06 Å². The fourth-order valence-corrected chi connectivity index (χ4v) is 5.13. The molecule has 0 radical (unpaired) electrons. The lowest BCUT2D eigenvalue weighted by molar-refractivity contribution is -0.351. The second-order valence-electron chi connectivity index (χ2n) is 10.6. The maximum atomic E-state index is 11.2. The van der Waals surface area contributed by atoms with Gasteiger partial charge < -0.3 is 23.7 Å². The number of piperidine rings is 1. The third-order valence-electron chi connectivity index (χ3n) is 6.34. The van der Waals surface area contributed by atoms with Crippen LogP contribution in [0.4, 0.5) is 0 Å². The first-order valence-corrected chi connectivity index (χ1v) is 11.7. The minimum atomic E-state index is -0.717. The molecule has 3 atom stereocenters. The van der Waals surface area contributed by atoms with Crippen LogP contribution in [0.3, 0.4) is 0 Å². The van der Waals surface area contributed by atoms with Crippen molar-refractivity contribution in [2.75, 3.05) is 26.4 Å². The van der Waals surface area contributed by atoms with E-state index in [0.717, 1.165) is 17.9 Å². The van der Waals surface area contributed by atoms with Crippen LogP contribution in [-0.4, -0.2) is 66.5 Å². The highest BCUT2D eigenvalue weighted by atomic mass is 16.8. The van der Waals surface area contributed by atoms with E-state index < -0.39 is 5.79 Å². The second kappa shape index (κ2) is 9.15. The minimum absolute atomic E-state index is 0.138. The average molecular weight is 464 g/mol. The van der Waals surface area contributed by atoms with E-state index in [1.807, 2.05) is 24.3 Å². The maximum absolute atomic E-state index is 11.2. The Bertz CT molecular complexity index is 816. The SMILES string of the molecule is CC(=O)OCC1COC2(CC(C)(C)N(OC(C)c3ccc(OCC4CO4)cc3)C(C)(C)C2)O1. The number of ether oxygens (including phenoxy) is 5. The first-order chi connectivity index (χ1) is 15.5. The van der Waals surface area contributed by atoms with Gasteiger partial charge in [-0.1, -0.05) is 12.1 Å². The van der Waals surface area contributed by atoms with Gasteiger partial charge in [-0.3, -0.25) is 9.63 Å². The Balaban J connectivity index is 1.39. The molecule has 8 nitrogen and oxygen atoms in total. The molecule has 184 valence electrons. The molecule has 8 heteroatoms. The summed E-state index contributed by atoms with van der Waals surface area (Å²) in [6.45, 7) is 14.0. The number of benzene rings is 1. The first-order valence-electron chi connectivity index (χ1n) is 11.7. The summed E-state index contributed by atoms with van der Waals surface area (Å²) >= 11 is 0. The van der Waals surface area contributed by atoms with Crippen LogP contribution in [0.1, 0.15) is 66.1 Å². The van der Waals surface area contributed by atoms with E-state index in [0.29, 0.717) is 26.1 Å². The fraction of sp³-hybridized carbons (Fsp3) is 0.720. The van der Waals surface area contributed by atoms with Gasteiger partial charge in [0.25, 0.3) is 0 Å². The molecule has 0 amide bonds. The summed E-state index contributed by atoms with van der Waals surface area (Å²) in [4.78, 5) is 17.7. The first kappa shape index (κ1) is 24.4. The number of hydrogen-bond donors (Lipinski definition) is 0. The lowest BCUT2D eigenvalue weighted by atomic mass is 9.78. The van der Waals surface area contributed by atoms with Crippen molar-refractivity contribution in [1.82, 2.24) is 5.06 Å². The van der Waals surface area contributed by atoms with Gasteiger partial charge in [0.15, 0.2) is 5.79 Å². The van der Waals surface area contributed by atoms with Gasteiger partial charge in [0.1, 0.15) is 37.3 Å². The number of hydroxylamine groups is 2. The van der Waals surface area contributed by atoms with Crippen molar-refractivity contribution < 1.29 is 33.3 Å². The summed E-state index contributed by atoms with van der Waals surface area (Å²) in [7, 11) is 0. The van der Waals surface area contributed by atoms with E-state index in [4.69, 9.17) is 28.5 Å². The summed E-state index contributed by atoms with van der Waals surface area (Å²) in [6, 6.07) is 8.04. The zero-order chi connectivity index (χ0) is 23.9. The van der Waals surface area contributed by atoms with Crippen LogP contribution in [0.2, 0.25) is 0 Å². The van der Waals surface area contributed by atoms with E-state index >= 15 is 0 Å². The molecule has 3 fully saturated rings. The second-order valence-corrected chi connectivity index (χ2v) is 10.6. The molecule has 33 heavy (non-hydrogen) atoms. The molecule has 0 bridgehead atoms. The maximum Gasteiger partial charge on any atom is 0.302 e. The van der Waals surface area contributed by atoms with Gasteiger partial charge in [0.2, 0.25) is 0 Å². The average Bonchev–Trinajstić information content (AvgIpc) is 3.48. The Kier molecular flexibility index (Phi) is 6.77. The summed E-state index contributed by atoms with van der Waals surface area (Å²) in [5.74, 6) is -0.194. The summed E-state index contributed by atoms with van der Waals surface area (Å²) in [5.41, 5.74) is 0.381. The van der Waals surface area contributed by atoms with Crippen molar-refractivity contribution in [1.29, 1.82) is 0 Å². The predicted octanol–water partition coefficient (Wildman–Crippen LogP) is 3.78. The number of hydrogen-bond acceptors (Lipinski definition) is 8. The van der Waals surface area contributed by atoms with Crippen LogP contribution in [0.15, 0.2) is 24.3 Å². The van der Waals surface area contributed by atoms with Crippen molar-refractivity contribution in [2.45, 2.75) is 89.6 Å². The van der Waals surface area contributed by atoms with Crippen LogP contribution >= 0.6 is 0 Å². The van der Waals surface area contributed by atoms with Crippen LogP contribution < -0.4 is 4.74 Å². The van der Waals surface area contributed by atoms with E-state index in [-0.39, 0.29) is 42.0 Å². The van der Waals surface area contributed by atoms with Crippen LogP contribution in [0.25, 0.3) is 0 Å². The topological polar surface area (TPSA) is 79.0 Å².